The van der Waals surface area contributed by atoms with Gasteiger partial charge in [0.05, 0.1) is 25.6 Å². The number of amides is 1. The molecule has 1 aromatic carbocycles. The Morgan fingerprint density at radius 1 is 1.37 bits per heavy atom. The van der Waals surface area contributed by atoms with Crippen LogP contribution in [0.3, 0.4) is 0 Å². The van der Waals surface area contributed by atoms with E-state index in [0.29, 0.717) is 5.69 Å². The highest BCUT2D eigenvalue weighted by molar-refractivity contribution is 6.41. The average Bonchev–Trinajstić information content (AvgIpc) is 3.07. The van der Waals surface area contributed by atoms with Gasteiger partial charge in [-0.1, -0.05) is 6.07 Å². The van der Waals surface area contributed by atoms with E-state index in [0.717, 1.165) is 0 Å². The second-order valence-corrected chi connectivity index (χ2v) is 7.24. The van der Waals surface area contributed by atoms with Crippen LogP contribution in [0, 0.1) is 0 Å². The average molecular weight is 419 g/mol. The number of aromatic nitrogens is 2. The molecule has 7 N–H and O–H groups in total. The van der Waals surface area contributed by atoms with E-state index in [9.17, 15) is 19.8 Å². The number of carboxylic acids is 1. The third-order valence-electron chi connectivity index (χ3n) is 5.07. The number of rotatable bonds is 8. The molecule has 0 spiro atoms. The molecule has 1 aliphatic heterocycles. The van der Waals surface area contributed by atoms with Crippen LogP contribution in [0.2, 0.25) is 6.32 Å². The number of hydrogen-bond acceptors (Lipinski definition) is 7. The van der Waals surface area contributed by atoms with E-state index in [1.165, 1.54) is 12.1 Å². The summed E-state index contributed by atoms with van der Waals surface area (Å²) in [5.74, 6) is -2.03. The molecule has 30 heavy (non-hydrogen) atoms. The maximum atomic E-state index is 12.6. The van der Waals surface area contributed by atoms with Crippen molar-refractivity contribution in [2.24, 2.45) is 7.05 Å². The molecule has 1 aliphatic rings. The predicted molar refractivity (Wildman–Crippen MR) is 104 cm³/mol. The second kappa shape index (κ2) is 8.73. The van der Waals surface area contributed by atoms with E-state index >= 15 is 0 Å². The highest BCUT2D eigenvalue weighted by Crippen LogP contribution is 2.34. The lowest BCUT2D eigenvalue weighted by atomic mass is 9.82. The van der Waals surface area contributed by atoms with Crippen molar-refractivity contribution in [3.8, 4) is 11.5 Å². The van der Waals surface area contributed by atoms with Crippen LogP contribution >= 0.6 is 0 Å². The Kier molecular flexibility index (Phi) is 6.29. The molecule has 3 rings (SSSR count). The molecule has 12 heteroatoms. The number of aromatic carboxylic acids is 1. The second-order valence-electron chi connectivity index (χ2n) is 7.24. The summed E-state index contributed by atoms with van der Waals surface area (Å²) in [6.45, 7) is 0.530. The zero-order chi connectivity index (χ0) is 22.0. The van der Waals surface area contributed by atoms with Crippen LogP contribution in [0.4, 0.5) is 0 Å². The number of aromatic hydroxyl groups is 1. The van der Waals surface area contributed by atoms with E-state index < -0.39 is 36.5 Å². The highest BCUT2D eigenvalue weighted by Gasteiger charge is 2.38. The lowest BCUT2D eigenvalue weighted by Gasteiger charge is -2.39. The molecular formula is C18H24BN4O7+. The van der Waals surface area contributed by atoms with Gasteiger partial charge in [-0.3, -0.25) is 4.79 Å². The van der Waals surface area contributed by atoms with E-state index in [1.54, 1.807) is 29.0 Å². The SMILES string of the molecule is Cn1cncc1C([NH3+])C(=O)N1CC(Oc2ccc(CCB(O)O)c(O)c2C(=O)O)C1. The third-order valence-corrected chi connectivity index (χ3v) is 5.07. The number of likely N-dealkylation sites (tertiary alicyclic amines) is 1. The molecule has 1 aromatic heterocycles. The van der Waals surface area contributed by atoms with Crippen molar-refractivity contribution >= 4 is 19.0 Å². The first kappa shape index (κ1) is 21.6. The predicted octanol–water partition coefficient (Wildman–Crippen LogP) is -1.59. The van der Waals surface area contributed by atoms with Gasteiger partial charge in [0.15, 0.2) is 0 Å². The number of benzene rings is 1. The summed E-state index contributed by atoms with van der Waals surface area (Å²) >= 11 is 0. The van der Waals surface area contributed by atoms with E-state index in [4.69, 9.17) is 14.8 Å². The van der Waals surface area contributed by atoms with Crippen molar-refractivity contribution in [3.63, 3.8) is 0 Å². The minimum atomic E-state index is -1.56. The zero-order valence-corrected chi connectivity index (χ0v) is 16.4. The van der Waals surface area contributed by atoms with E-state index in [2.05, 4.69) is 10.7 Å². The molecule has 160 valence electrons. The van der Waals surface area contributed by atoms with E-state index in [1.807, 2.05) is 0 Å². The number of quaternary nitrogens is 1. The Bertz CT molecular complexity index is 943. The number of phenols is 1. The molecule has 0 radical (unpaired) electrons. The quantitative estimate of drug-likeness (QED) is 0.319. The first-order valence-electron chi connectivity index (χ1n) is 9.38. The Morgan fingerprint density at radius 3 is 2.63 bits per heavy atom. The molecular weight excluding hydrogens is 395 g/mol. The molecule has 1 saturated heterocycles. The molecule has 2 aromatic rings. The summed E-state index contributed by atoms with van der Waals surface area (Å²) < 4.78 is 7.43. The summed E-state index contributed by atoms with van der Waals surface area (Å²) in [5, 5.41) is 37.7. The molecule has 1 amide bonds. The number of nitrogens with zero attached hydrogens (tertiary/aromatic N) is 3. The summed E-state index contributed by atoms with van der Waals surface area (Å²) in [5.41, 5.74) is 4.47. The number of carboxylic acid groups (broad SMARTS) is 1. The molecule has 0 aliphatic carbocycles. The molecule has 1 fully saturated rings. The molecule has 2 heterocycles. The molecule has 0 bridgehead atoms. The van der Waals surface area contributed by atoms with Gasteiger partial charge in [0.2, 0.25) is 6.04 Å². The number of ether oxygens (including phenoxy) is 1. The van der Waals surface area contributed by atoms with Crippen molar-refractivity contribution < 1.29 is 40.3 Å². The fraction of sp³-hybridized carbons (Fsp3) is 0.389. The topological polar surface area (TPSA) is 173 Å². The van der Waals surface area contributed by atoms with Gasteiger partial charge in [-0.2, -0.15) is 0 Å². The fourth-order valence-electron chi connectivity index (χ4n) is 3.33. The Morgan fingerprint density at radius 2 is 2.07 bits per heavy atom. The van der Waals surface area contributed by atoms with Crippen LogP contribution in [0.1, 0.15) is 27.7 Å². The van der Waals surface area contributed by atoms with Crippen LogP contribution in [0.5, 0.6) is 11.5 Å². The van der Waals surface area contributed by atoms with Gasteiger partial charge in [0.25, 0.3) is 5.91 Å². The van der Waals surface area contributed by atoms with E-state index in [-0.39, 0.29) is 43.1 Å². The maximum absolute atomic E-state index is 12.6. The number of imidazole rings is 1. The standard InChI is InChI=1S/C18H23BN4O7/c1-22-9-21-6-12(22)15(20)17(25)23-7-11(8-23)30-13-3-2-10(4-5-19(28)29)16(24)14(13)18(26)27/h2-3,6,9,11,15,24,28-29H,4-5,7-8,20H2,1H3,(H,26,27)/p+1. The molecule has 1 atom stereocenters. The summed E-state index contributed by atoms with van der Waals surface area (Å²) in [4.78, 5) is 29.7. The first-order chi connectivity index (χ1) is 14.2. The normalized spacial score (nSPS) is 14.9. The van der Waals surface area contributed by atoms with Crippen molar-refractivity contribution in [2.75, 3.05) is 13.1 Å². The van der Waals surface area contributed by atoms with Gasteiger partial charge in [0, 0.05) is 7.05 Å². The largest absolute Gasteiger partial charge is 0.507 e. The molecule has 1 unspecified atom stereocenters. The van der Waals surface area contributed by atoms with Gasteiger partial charge < -0.3 is 40.2 Å². The van der Waals surface area contributed by atoms with Crippen molar-refractivity contribution in [1.29, 1.82) is 0 Å². The monoisotopic (exact) mass is 419 g/mol. The van der Waals surface area contributed by atoms with Crippen LogP contribution in [-0.2, 0) is 18.3 Å². The molecule has 0 saturated carbocycles. The fourth-order valence-corrected chi connectivity index (χ4v) is 3.33. The summed E-state index contributed by atoms with van der Waals surface area (Å²) in [6.07, 6.45) is 2.80. The minimum Gasteiger partial charge on any atom is -0.507 e. The minimum absolute atomic E-state index is 0.0109. The number of hydrogen-bond donors (Lipinski definition) is 5. The highest BCUT2D eigenvalue weighted by atomic mass is 16.5. The number of carbonyl (C=O) groups excluding carboxylic acids is 1. The van der Waals surface area contributed by atoms with Crippen molar-refractivity contribution in [2.45, 2.75) is 24.9 Å². The lowest BCUT2D eigenvalue weighted by Crippen LogP contribution is -2.66. The van der Waals surface area contributed by atoms with Crippen LogP contribution in [0.15, 0.2) is 24.7 Å². The summed E-state index contributed by atoms with van der Waals surface area (Å²) in [7, 11) is 0.219. The van der Waals surface area contributed by atoms with Crippen LogP contribution < -0.4 is 10.5 Å². The Balaban J connectivity index is 1.65. The van der Waals surface area contributed by atoms with Gasteiger partial charge >= 0.3 is 13.1 Å². The van der Waals surface area contributed by atoms with Gasteiger partial charge in [-0.15, -0.1) is 0 Å². The van der Waals surface area contributed by atoms with Gasteiger partial charge in [-0.05, 0) is 24.4 Å². The third kappa shape index (κ3) is 4.40. The Labute approximate surface area is 172 Å². The van der Waals surface area contributed by atoms with Crippen molar-refractivity contribution in [3.05, 3.63) is 41.5 Å². The zero-order valence-electron chi connectivity index (χ0n) is 16.4. The van der Waals surface area contributed by atoms with Gasteiger partial charge in [-0.25, -0.2) is 9.78 Å². The van der Waals surface area contributed by atoms with Crippen LogP contribution in [0.25, 0.3) is 0 Å². The van der Waals surface area contributed by atoms with Crippen LogP contribution in [-0.4, -0.2) is 72.9 Å². The lowest BCUT2D eigenvalue weighted by molar-refractivity contribution is -0.414. The van der Waals surface area contributed by atoms with Crippen molar-refractivity contribution in [1.82, 2.24) is 14.5 Å². The summed E-state index contributed by atoms with van der Waals surface area (Å²) in [6, 6.07) is 2.29. The maximum Gasteiger partial charge on any atom is 0.451 e. The smallest absolute Gasteiger partial charge is 0.451 e. The number of carbonyl (C=O) groups is 2. The molecule has 11 nitrogen and oxygen atoms in total. The first-order valence-corrected chi connectivity index (χ1v) is 9.38. The Hall–Kier alpha value is -3.09. The number of aryl methyl sites for hydroxylation is 2. The van der Waals surface area contributed by atoms with Gasteiger partial charge in [0.1, 0.15) is 28.9 Å².